The smallest absolute Gasteiger partial charge is 0.250 e. The highest BCUT2D eigenvalue weighted by Gasteiger charge is 2.31. The van der Waals surface area contributed by atoms with Crippen molar-refractivity contribution in [2.45, 2.75) is 6.18 Å². The molecule has 18 heavy (non-hydrogen) atoms. The summed E-state index contributed by atoms with van der Waals surface area (Å²) in [5.41, 5.74) is -1.46. The number of pyridine rings is 1. The first-order valence-corrected chi connectivity index (χ1v) is 4.78. The quantitative estimate of drug-likeness (QED) is 0.708. The van der Waals surface area contributed by atoms with Crippen LogP contribution < -0.4 is 0 Å². The Balaban J connectivity index is 2.51. The van der Waals surface area contributed by atoms with Gasteiger partial charge in [0.15, 0.2) is 5.82 Å². The maximum Gasteiger partial charge on any atom is 0.417 e. The zero-order valence-electron chi connectivity index (χ0n) is 8.72. The molecule has 0 spiro atoms. The molecule has 0 fully saturated rings. The lowest BCUT2D eigenvalue weighted by atomic mass is 10.1. The third kappa shape index (κ3) is 2.47. The molecule has 0 unspecified atom stereocenters. The monoisotopic (exact) mass is 258 g/mol. The Morgan fingerprint density at radius 2 is 1.83 bits per heavy atom. The van der Waals surface area contributed by atoms with E-state index >= 15 is 0 Å². The van der Waals surface area contributed by atoms with E-state index in [1.54, 1.807) is 0 Å². The molecule has 0 saturated carbocycles. The number of aromatic nitrogens is 1. The third-order valence-corrected chi connectivity index (χ3v) is 2.19. The molecule has 0 bridgehead atoms. The molecular formula is C12H5F5N. The molecule has 1 aromatic heterocycles. The number of nitrogens with zero attached hydrogens (tertiary/aromatic N) is 1. The standard InChI is InChI=1S/C12H5F5N/c13-9-5-10(14)11(18-6-9)7-2-1-3-8(4-7)12(15,16)17/h1-2,4-6H. The van der Waals surface area contributed by atoms with Crippen molar-refractivity contribution in [2.24, 2.45) is 0 Å². The summed E-state index contributed by atoms with van der Waals surface area (Å²) in [5.74, 6) is -1.91. The first-order chi connectivity index (χ1) is 8.38. The molecule has 0 aliphatic rings. The van der Waals surface area contributed by atoms with Gasteiger partial charge in [0.05, 0.1) is 11.8 Å². The fourth-order valence-electron chi connectivity index (χ4n) is 1.40. The van der Waals surface area contributed by atoms with Gasteiger partial charge in [-0.2, -0.15) is 13.2 Å². The van der Waals surface area contributed by atoms with Crippen molar-refractivity contribution in [3.63, 3.8) is 0 Å². The van der Waals surface area contributed by atoms with Crippen molar-refractivity contribution in [2.75, 3.05) is 0 Å². The molecule has 2 rings (SSSR count). The molecule has 6 heteroatoms. The van der Waals surface area contributed by atoms with Gasteiger partial charge in [-0.3, -0.25) is 4.98 Å². The van der Waals surface area contributed by atoms with Crippen LogP contribution in [0.2, 0.25) is 0 Å². The molecule has 0 amide bonds. The summed E-state index contributed by atoms with van der Waals surface area (Å²) >= 11 is 0. The predicted octanol–water partition coefficient (Wildman–Crippen LogP) is 3.85. The Hall–Kier alpha value is -1.98. The summed E-state index contributed by atoms with van der Waals surface area (Å²) in [7, 11) is 0. The first kappa shape index (κ1) is 12.5. The zero-order chi connectivity index (χ0) is 13.3. The number of alkyl halides is 3. The minimum Gasteiger partial charge on any atom is -0.250 e. The van der Waals surface area contributed by atoms with E-state index in [1.165, 1.54) is 6.07 Å². The number of halogens is 5. The van der Waals surface area contributed by atoms with E-state index in [0.29, 0.717) is 12.1 Å². The molecule has 0 saturated heterocycles. The van der Waals surface area contributed by atoms with E-state index < -0.39 is 23.4 Å². The van der Waals surface area contributed by atoms with Crippen LogP contribution in [0.3, 0.4) is 0 Å². The fourth-order valence-corrected chi connectivity index (χ4v) is 1.40. The molecule has 1 nitrogen and oxygen atoms in total. The van der Waals surface area contributed by atoms with E-state index in [4.69, 9.17) is 0 Å². The average Bonchev–Trinajstić information content (AvgIpc) is 2.28. The number of hydrogen-bond acceptors (Lipinski definition) is 1. The molecule has 1 heterocycles. The van der Waals surface area contributed by atoms with Crippen molar-refractivity contribution >= 4 is 0 Å². The van der Waals surface area contributed by atoms with Crippen molar-refractivity contribution in [1.82, 2.24) is 4.98 Å². The minimum absolute atomic E-state index is 0.0847. The largest absolute Gasteiger partial charge is 0.417 e. The van der Waals surface area contributed by atoms with E-state index in [1.807, 2.05) is 6.07 Å². The maximum atomic E-state index is 13.4. The van der Waals surface area contributed by atoms with Crippen LogP contribution in [0.4, 0.5) is 22.0 Å². The second kappa shape index (κ2) is 4.36. The van der Waals surface area contributed by atoms with Crippen molar-refractivity contribution < 1.29 is 22.0 Å². The van der Waals surface area contributed by atoms with Gasteiger partial charge in [-0.1, -0.05) is 12.1 Å². The second-order valence-corrected chi connectivity index (χ2v) is 3.47. The lowest BCUT2D eigenvalue weighted by Crippen LogP contribution is -2.05. The first-order valence-electron chi connectivity index (χ1n) is 4.78. The molecule has 0 aliphatic carbocycles. The van der Waals surface area contributed by atoms with Gasteiger partial charge in [-0.15, -0.1) is 0 Å². The highest BCUT2D eigenvalue weighted by molar-refractivity contribution is 5.60. The van der Waals surface area contributed by atoms with Gasteiger partial charge < -0.3 is 0 Å². The molecule has 93 valence electrons. The van der Waals surface area contributed by atoms with Gasteiger partial charge in [0, 0.05) is 11.6 Å². The summed E-state index contributed by atoms with van der Waals surface area (Å²) in [4.78, 5) is 3.44. The van der Waals surface area contributed by atoms with Gasteiger partial charge in [0.25, 0.3) is 0 Å². The van der Waals surface area contributed by atoms with Crippen LogP contribution in [-0.4, -0.2) is 4.98 Å². The van der Waals surface area contributed by atoms with Crippen molar-refractivity contribution in [3.05, 3.63) is 53.7 Å². The van der Waals surface area contributed by atoms with Crippen LogP contribution in [0.25, 0.3) is 11.3 Å². The molecule has 1 radical (unpaired) electrons. The summed E-state index contributed by atoms with van der Waals surface area (Å²) in [5, 5.41) is 0. The van der Waals surface area contributed by atoms with Gasteiger partial charge in [0.1, 0.15) is 11.5 Å². The van der Waals surface area contributed by atoms with E-state index in [-0.39, 0.29) is 11.3 Å². The molecule has 2 aromatic rings. The highest BCUT2D eigenvalue weighted by atomic mass is 19.4. The Morgan fingerprint density at radius 3 is 2.44 bits per heavy atom. The Morgan fingerprint density at radius 1 is 1.11 bits per heavy atom. The second-order valence-electron chi connectivity index (χ2n) is 3.47. The van der Waals surface area contributed by atoms with Crippen LogP contribution in [-0.2, 0) is 6.18 Å². The number of benzene rings is 1. The summed E-state index contributed by atoms with van der Waals surface area (Å²) in [6, 6.07) is 5.51. The van der Waals surface area contributed by atoms with Gasteiger partial charge in [0.2, 0.25) is 0 Å². The summed E-state index contributed by atoms with van der Waals surface area (Å²) in [6.45, 7) is 0. The molecule has 1 aromatic carbocycles. The van der Waals surface area contributed by atoms with Crippen molar-refractivity contribution in [3.8, 4) is 11.3 Å². The van der Waals surface area contributed by atoms with Gasteiger partial charge in [-0.25, -0.2) is 8.78 Å². The van der Waals surface area contributed by atoms with Crippen LogP contribution in [0, 0.1) is 17.7 Å². The molecule has 0 atom stereocenters. The molecule has 0 aliphatic heterocycles. The van der Waals surface area contributed by atoms with Crippen LogP contribution in [0.5, 0.6) is 0 Å². The maximum absolute atomic E-state index is 13.4. The predicted molar refractivity (Wildman–Crippen MR) is 53.4 cm³/mol. The van der Waals surface area contributed by atoms with Crippen LogP contribution >= 0.6 is 0 Å². The normalized spacial score (nSPS) is 11.6. The lowest BCUT2D eigenvalue weighted by Gasteiger charge is -2.08. The third-order valence-electron chi connectivity index (χ3n) is 2.19. The Kier molecular flexibility index (Phi) is 3.02. The average molecular weight is 258 g/mol. The fraction of sp³-hybridized carbons (Fsp3) is 0.0833. The number of hydrogen-bond donors (Lipinski definition) is 0. The van der Waals surface area contributed by atoms with E-state index in [0.717, 1.165) is 12.3 Å². The van der Waals surface area contributed by atoms with Crippen LogP contribution in [0.15, 0.2) is 30.5 Å². The highest BCUT2D eigenvalue weighted by Crippen LogP contribution is 2.31. The molecular weight excluding hydrogens is 253 g/mol. The summed E-state index contributed by atoms with van der Waals surface area (Å²) < 4.78 is 63.3. The zero-order valence-corrected chi connectivity index (χ0v) is 8.72. The Bertz CT molecular complexity index is 577. The van der Waals surface area contributed by atoms with Crippen LogP contribution in [0.1, 0.15) is 5.56 Å². The van der Waals surface area contributed by atoms with E-state index in [2.05, 4.69) is 4.98 Å². The topological polar surface area (TPSA) is 12.9 Å². The summed E-state index contributed by atoms with van der Waals surface area (Å²) in [6.07, 6.45) is -3.84. The molecule has 0 N–H and O–H groups in total. The van der Waals surface area contributed by atoms with E-state index in [9.17, 15) is 22.0 Å². The number of rotatable bonds is 1. The lowest BCUT2D eigenvalue weighted by molar-refractivity contribution is -0.137. The SMILES string of the molecule is Fc1cnc(-c2cc[c]c(C(F)(F)F)c2)c(F)c1. The van der Waals surface area contributed by atoms with Crippen molar-refractivity contribution in [1.29, 1.82) is 0 Å². The minimum atomic E-state index is -4.58. The Labute approximate surface area is 98.9 Å². The van der Waals surface area contributed by atoms with Gasteiger partial charge in [-0.05, 0) is 12.1 Å². The van der Waals surface area contributed by atoms with Gasteiger partial charge >= 0.3 is 6.18 Å².